The van der Waals surface area contributed by atoms with Crippen LogP contribution in [0.15, 0.2) is 64.3 Å². The Morgan fingerprint density at radius 3 is 2.35 bits per heavy atom. The molecule has 0 unspecified atom stereocenters. The highest BCUT2D eigenvalue weighted by Crippen LogP contribution is 2.22. The van der Waals surface area contributed by atoms with Gasteiger partial charge >= 0.3 is 0 Å². The summed E-state index contributed by atoms with van der Waals surface area (Å²) < 4.78 is 32.8. The molecule has 0 spiro atoms. The van der Waals surface area contributed by atoms with E-state index in [9.17, 15) is 8.42 Å². The van der Waals surface area contributed by atoms with Gasteiger partial charge in [-0.2, -0.15) is 0 Å². The van der Waals surface area contributed by atoms with Gasteiger partial charge in [0.15, 0.2) is 0 Å². The van der Waals surface area contributed by atoms with Gasteiger partial charge in [-0.1, -0.05) is 6.07 Å². The van der Waals surface area contributed by atoms with Crippen molar-refractivity contribution in [3.8, 4) is 5.75 Å². The third-order valence-electron chi connectivity index (χ3n) is 3.27. The number of rotatable bonds is 7. The molecule has 0 aliphatic carbocycles. The van der Waals surface area contributed by atoms with Crippen molar-refractivity contribution in [2.24, 2.45) is 0 Å². The second kappa shape index (κ2) is 7.76. The van der Waals surface area contributed by atoms with E-state index in [1.165, 1.54) is 17.5 Å². The summed E-state index contributed by atoms with van der Waals surface area (Å²) in [6, 6.07) is 14.2. The van der Waals surface area contributed by atoms with Crippen LogP contribution in [0.2, 0.25) is 0 Å². The highest BCUT2D eigenvalue weighted by molar-refractivity contribution is 7.94. The van der Waals surface area contributed by atoms with Gasteiger partial charge in [0.1, 0.15) is 15.8 Å². The molecular formula is C18H19N3O3S2. The largest absolute Gasteiger partial charge is 0.491 e. The van der Waals surface area contributed by atoms with E-state index in [1.807, 2.05) is 38.1 Å². The van der Waals surface area contributed by atoms with Crippen molar-refractivity contribution in [3.05, 3.63) is 60.1 Å². The number of thiophene rings is 1. The van der Waals surface area contributed by atoms with Crippen molar-refractivity contribution >= 4 is 38.6 Å². The van der Waals surface area contributed by atoms with Crippen molar-refractivity contribution in [1.82, 2.24) is 4.98 Å². The van der Waals surface area contributed by atoms with Crippen molar-refractivity contribution < 1.29 is 13.2 Å². The summed E-state index contributed by atoms with van der Waals surface area (Å²) in [5, 5.41) is 4.88. The van der Waals surface area contributed by atoms with Gasteiger partial charge in [0.05, 0.1) is 18.0 Å². The van der Waals surface area contributed by atoms with Crippen molar-refractivity contribution in [2.45, 2.75) is 24.2 Å². The molecule has 0 atom stereocenters. The first-order valence-electron chi connectivity index (χ1n) is 7.98. The third kappa shape index (κ3) is 4.74. The first-order valence-corrected chi connectivity index (χ1v) is 10.3. The Bertz CT molecular complexity index is 936. The lowest BCUT2D eigenvalue weighted by atomic mass is 10.3. The standard InChI is InChI=1S/C18H19N3O3S2/c1-13(2)24-16-8-5-14(6-9-16)20-17-10-7-15(12-19-17)21-26(22,23)18-4-3-11-25-18/h3-13,21H,1-2H3,(H,19,20). The zero-order valence-electron chi connectivity index (χ0n) is 14.3. The molecule has 0 fully saturated rings. The number of nitrogens with zero attached hydrogens (tertiary/aromatic N) is 1. The molecule has 0 saturated heterocycles. The number of nitrogens with one attached hydrogen (secondary N) is 2. The molecule has 0 radical (unpaired) electrons. The monoisotopic (exact) mass is 389 g/mol. The average Bonchev–Trinajstić information content (AvgIpc) is 3.13. The molecule has 0 aliphatic rings. The van der Waals surface area contributed by atoms with Crippen molar-refractivity contribution in [2.75, 3.05) is 10.0 Å². The minimum absolute atomic E-state index is 0.126. The summed E-state index contributed by atoms with van der Waals surface area (Å²) in [5.41, 5.74) is 1.27. The average molecular weight is 390 g/mol. The van der Waals surface area contributed by atoms with Crippen LogP contribution in [0, 0.1) is 0 Å². The molecule has 1 aromatic carbocycles. The molecule has 0 aliphatic heterocycles. The van der Waals surface area contributed by atoms with Gasteiger partial charge in [-0.05, 0) is 61.7 Å². The van der Waals surface area contributed by atoms with Crippen LogP contribution in [0.3, 0.4) is 0 Å². The smallest absolute Gasteiger partial charge is 0.271 e. The number of pyridine rings is 1. The molecule has 0 bridgehead atoms. The van der Waals surface area contributed by atoms with E-state index in [2.05, 4.69) is 15.0 Å². The molecular weight excluding hydrogens is 370 g/mol. The number of benzene rings is 1. The summed E-state index contributed by atoms with van der Waals surface area (Å²) in [4.78, 5) is 4.24. The number of ether oxygens (including phenoxy) is 1. The van der Waals surface area contributed by atoms with Crippen LogP contribution >= 0.6 is 11.3 Å². The van der Waals surface area contributed by atoms with Crippen LogP contribution in [-0.4, -0.2) is 19.5 Å². The Morgan fingerprint density at radius 1 is 1.04 bits per heavy atom. The Kier molecular flexibility index (Phi) is 5.43. The lowest BCUT2D eigenvalue weighted by Crippen LogP contribution is -2.11. The van der Waals surface area contributed by atoms with E-state index < -0.39 is 10.0 Å². The van der Waals surface area contributed by atoms with Crippen LogP contribution in [0.5, 0.6) is 5.75 Å². The van der Waals surface area contributed by atoms with Gasteiger partial charge in [-0.15, -0.1) is 11.3 Å². The van der Waals surface area contributed by atoms with E-state index in [0.717, 1.165) is 11.4 Å². The maximum absolute atomic E-state index is 12.2. The Labute approximate surface area is 156 Å². The molecule has 136 valence electrons. The van der Waals surface area contributed by atoms with Crippen molar-refractivity contribution in [1.29, 1.82) is 0 Å². The summed E-state index contributed by atoms with van der Waals surface area (Å²) in [6.07, 6.45) is 1.60. The van der Waals surface area contributed by atoms with E-state index >= 15 is 0 Å². The molecule has 3 aromatic rings. The van der Waals surface area contributed by atoms with Crippen LogP contribution in [0.4, 0.5) is 17.2 Å². The number of hydrogen-bond donors (Lipinski definition) is 2. The fourth-order valence-electron chi connectivity index (χ4n) is 2.19. The van der Waals surface area contributed by atoms with Crippen LogP contribution in [0.1, 0.15) is 13.8 Å². The second-order valence-electron chi connectivity index (χ2n) is 5.79. The third-order valence-corrected chi connectivity index (χ3v) is 6.05. The number of anilines is 3. The second-order valence-corrected chi connectivity index (χ2v) is 8.64. The SMILES string of the molecule is CC(C)Oc1ccc(Nc2ccc(NS(=O)(=O)c3cccs3)cn2)cc1. The molecule has 2 heterocycles. The van der Waals surface area contributed by atoms with Gasteiger partial charge in [0.25, 0.3) is 10.0 Å². The zero-order chi connectivity index (χ0) is 18.6. The summed E-state index contributed by atoms with van der Waals surface area (Å²) in [7, 11) is -3.56. The Morgan fingerprint density at radius 2 is 1.77 bits per heavy atom. The minimum atomic E-state index is -3.56. The number of aromatic nitrogens is 1. The summed E-state index contributed by atoms with van der Waals surface area (Å²) >= 11 is 1.17. The maximum atomic E-state index is 12.2. The molecule has 3 rings (SSSR count). The molecule has 0 amide bonds. The minimum Gasteiger partial charge on any atom is -0.491 e. The van der Waals surface area contributed by atoms with E-state index in [0.29, 0.717) is 11.5 Å². The molecule has 6 nitrogen and oxygen atoms in total. The van der Waals surface area contributed by atoms with Crippen LogP contribution in [-0.2, 0) is 10.0 Å². The van der Waals surface area contributed by atoms with Gasteiger partial charge < -0.3 is 10.1 Å². The first kappa shape index (κ1) is 18.2. The summed E-state index contributed by atoms with van der Waals surface area (Å²) in [5.74, 6) is 1.42. The molecule has 26 heavy (non-hydrogen) atoms. The highest BCUT2D eigenvalue weighted by atomic mass is 32.2. The normalized spacial score (nSPS) is 11.3. The Balaban J connectivity index is 1.64. The number of sulfonamides is 1. The molecule has 2 aromatic heterocycles. The van der Waals surface area contributed by atoms with Gasteiger partial charge in [0.2, 0.25) is 0 Å². The zero-order valence-corrected chi connectivity index (χ0v) is 16.0. The van der Waals surface area contributed by atoms with Crippen molar-refractivity contribution in [3.63, 3.8) is 0 Å². The topological polar surface area (TPSA) is 80.3 Å². The fourth-order valence-corrected chi connectivity index (χ4v) is 4.22. The van der Waals surface area contributed by atoms with Gasteiger partial charge in [0, 0.05) is 5.69 Å². The van der Waals surface area contributed by atoms with Gasteiger partial charge in [-0.25, -0.2) is 13.4 Å². The number of hydrogen-bond acceptors (Lipinski definition) is 6. The predicted octanol–water partition coefficient (Wildman–Crippen LogP) is 4.47. The fraction of sp³-hybridized carbons (Fsp3) is 0.167. The predicted molar refractivity (Wildman–Crippen MR) is 105 cm³/mol. The molecule has 2 N–H and O–H groups in total. The van der Waals surface area contributed by atoms with E-state index in [1.54, 1.807) is 29.6 Å². The lowest BCUT2D eigenvalue weighted by Gasteiger charge is -2.11. The van der Waals surface area contributed by atoms with E-state index in [4.69, 9.17) is 4.74 Å². The first-order chi connectivity index (χ1) is 12.4. The highest BCUT2D eigenvalue weighted by Gasteiger charge is 2.15. The van der Waals surface area contributed by atoms with E-state index in [-0.39, 0.29) is 10.3 Å². The van der Waals surface area contributed by atoms with Gasteiger partial charge in [-0.3, -0.25) is 4.72 Å². The summed E-state index contributed by atoms with van der Waals surface area (Å²) in [6.45, 7) is 3.95. The van der Waals surface area contributed by atoms with Crippen LogP contribution < -0.4 is 14.8 Å². The maximum Gasteiger partial charge on any atom is 0.271 e. The van der Waals surface area contributed by atoms with Crippen LogP contribution in [0.25, 0.3) is 0 Å². The lowest BCUT2D eigenvalue weighted by molar-refractivity contribution is 0.242. The molecule has 0 saturated carbocycles. The molecule has 8 heteroatoms. The Hall–Kier alpha value is -2.58. The quantitative estimate of drug-likeness (QED) is 0.623.